The van der Waals surface area contributed by atoms with Crippen molar-refractivity contribution in [2.24, 2.45) is 11.8 Å². The molecule has 0 spiro atoms. The number of nitrogens with zero attached hydrogens (tertiary/aromatic N) is 1. The van der Waals surface area contributed by atoms with Gasteiger partial charge in [-0.15, -0.1) is 0 Å². The summed E-state index contributed by atoms with van der Waals surface area (Å²) in [6.07, 6.45) is 5.00. The fourth-order valence-corrected chi connectivity index (χ4v) is 3.30. The molecule has 1 unspecified atom stereocenters. The van der Waals surface area contributed by atoms with Crippen LogP contribution >= 0.6 is 0 Å². The van der Waals surface area contributed by atoms with Gasteiger partial charge in [0.1, 0.15) is 5.75 Å². The van der Waals surface area contributed by atoms with Crippen molar-refractivity contribution in [1.82, 2.24) is 4.90 Å². The molecule has 2 aliphatic rings. The van der Waals surface area contributed by atoms with Gasteiger partial charge in [0.05, 0.1) is 7.11 Å². The molecule has 1 amide bonds. The van der Waals surface area contributed by atoms with Crippen molar-refractivity contribution >= 4 is 11.7 Å². The van der Waals surface area contributed by atoms with E-state index in [1.165, 1.54) is 6.42 Å². The molecule has 22 heavy (non-hydrogen) atoms. The molecular formula is C18H23NO3. The van der Waals surface area contributed by atoms with Crippen LogP contribution < -0.4 is 4.74 Å². The molecule has 1 saturated carbocycles. The first kappa shape index (κ1) is 15.1. The third-order valence-corrected chi connectivity index (χ3v) is 4.93. The molecule has 4 heteroatoms. The van der Waals surface area contributed by atoms with Gasteiger partial charge in [0.25, 0.3) is 0 Å². The highest BCUT2D eigenvalue weighted by Crippen LogP contribution is 2.30. The SMILES string of the molecule is COc1ccc(C(=O)C2CCCN(C(=O)C3CCC3)C2)cc1. The fourth-order valence-electron chi connectivity index (χ4n) is 3.30. The smallest absolute Gasteiger partial charge is 0.225 e. The Labute approximate surface area is 131 Å². The van der Waals surface area contributed by atoms with Gasteiger partial charge < -0.3 is 9.64 Å². The Balaban J connectivity index is 1.65. The zero-order chi connectivity index (χ0) is 15.5. The summed E-state index contributed by atoms with van der Waals surface area (Å²) in [7, 11) is 1.61. The monoisotopic (exact) mass is 301 g/mol. The quantitative estimate of drug-likeness (QED) is 0.803. The summed E-state index contributed by atoms with van der Waals surface area (Å²) >= 11 is 0. The molecule has 3 rings (SSSR count). The van der Waals surface area contributed by atoms with Crippen LogP contribution in [0.2, 0.25) is 0 Å². The molecule has 0 radical (unpaired) electrons. The van der Waals surface area contributed by atoms with Crippen molar-refractivity contribution in [3.8, 4) is 5.75 Å². The second-order valence-electron chi connectivity index (χ2n) is 6.34. The first-order valence-electron chi connectivity index (χ1n) is 8.16. The summed E-state index contributed by atoms with van der Waals surface area (Å²) in [4.78, 5) is 26.9. The number of benzene rings is 1. The van der Waals surface area contributed by atoms with E-state index in [0.717, 1.165) is 38.0 Å². The Hall–Kier alpha value is -1.84. The van der Waals surface area contributed by atoms with E-state index in [4.69, 9.17) is 4.74 Å². The number of hydrogen-bond donors (Lipinski definition) is 0. The predicted molar refractivity (Wildman–Crippen MR) is 84.0 cm³/mol. The summed E-state index contributed by atoms with van der Waals surface area (Å²) in [6.45, 7) is 1.39. The number of likely N-dealkylation sites (tertiary alicyclic amines) is 1. The molecule has 1 aromatic carbocycles. The van der Waals surface area contributed by atoms with E-state index in [0.29, 0.717) is 12.1 Å². The van der Waals surface area contributed by atoms with E-state index in [2.05, 4.69) is 0 Å². The van der Waals surface area contributed by atoms with Crippen LogP contribution in [0.1, 0.15) is 42.5 Å². The first-order chi connectivity index (χ1) is 10.7. The van der Waals surface area contributed by atoms with Crippen LogP contribution in [0.5, 0.6) is 5.75 Å². The van der Waals surface area contributed by atoms with Crippen molar-refractivity contribution in [1.29, 1.82) is 0 Å². The minimum atomic E-state index is -0.0637. The lowest BCUT2D eigenvalue weighted by atomic mass is 9.83. The second kappa shape index (κ2) is 6.51. The van der Waals surface area contributed by atoms with Crippen LogP contribution in [0.3, 0.4) is 0 Å². The zero-order valence-electron chi connectivity index (χ0n) is 13.1. The van der Waals surface area contributed by atoms with Gasteiger partial charge in [-0.25, -0.2) is 0 Å². The highest BCUT2D eigenvalue weighted by molar-refractivity contribution is 5.98. The molecular weight excluding hydrogens is 278 g/mol. The maximum Gasteiger partial charge on any atom is 0.225 e. The third kappa shape index (κ3) is 3.01. The van der Waals surface area contributed by atoms with Crippen LogP contribution in [-0.4, -0.2) is 36.8 Å². The lowest BCUT2D eigenvalue weighted by Gasteiger charge is -2.36. The van der Waals surface area contributed by atoms with E-state index < -0.39 is 0 Å². The highest BCUT2D eigenvalue weighted by atomic mass is 16.5. The van der Waals surface area contributed by atoms with Crippen molar-refractivity contribution in [3.63, 3.8) is 0 Å². The van der Waals surface area contributed by atoms with Crippen molar-refractivity contribution in [2.45, 2.75) is 32.1 Å². The normalized spacial score (nSPS) is 22.0. The van der Waals surface area contributed by atoms with Crippen LogP contribution in [0, 0.1) is 11.8 Å². The molecule has 1 aromatic rings. The van der Waals surface area contributed by atoms with Crippen LogP contribution in [0.25, 0.3) is 0 Å². The highest BCUT2D eigenvalue weighted by Gasteiger charge is 2.34. The number of rotatable bonds is 4. The summed E-state index contributed by atoms with van der Waals surface area (Å²) in [5.41, 5.74) is 0.712. The van der Waals surface area contributed by atoms with Gasteiger partial charge in [-0.05, 0) is 49.9 Å². The molecule has 1 aliphatic heterocycles. The second-order valence-corrected chi connectivity index (χ2v) is 6.34. The Kier molecular flexibility index (Phi) is 4.46. The molecule has 0 aromatic heterocycles. The zero-order valence-corrected chi connectivity index (χ0v) is 13.1. The van der Waals surface area contributed by atoms with Gasteiger partial charge >= 0.3 is 0 Å². The molecule has 118 valence electrons. The standard InChI is InChI=1S/C18H23NO3/c1-22-16-9-7-13(8-10-16)17(20)15-6-3-11-19(12-15)18(21)14-4-2-5-14/h7-10,14-15H,2-6,11-12H2,1H3. The number of hydrogen-bond acceptors (Lipinski definition) is 3. The van der Waals surface area contributed by atoms with Gasteiger partial charge in [-0.2, -0.15) is 0 Å². The van der Waals surface area contributed by atoms with Gasteiger partial charge in [0, 0.05) is 30.5 Å². The van der Waals surface area contributed by atoms with Crippen LogP contribution in [-0.2, 0) is 4.79 Å². The number of methoxy groups -OCH3 is 1. The molecule has 1 saturated heterocycles. The summed E-state index contributed by atoms with van der Waals surface area (Å²) in [5, 5.41) is 0. The maximum atomic E-state index is 12.6. The molecule has 1 atom stereocenters. The van der Waals surface area contributed by atoms with Gasteiger partial charge in [-0.1, -0.05) is 6.42 Å². The molecule has 0 N–H and O–H groups in total. The largest absolute Gasteiger partial charge is 0.497 e. The van der Waals surface area contributed by atoms with E-state index in [1.54, 1.807) is 7.11 Å². The van der Waals surface area contributed by atoms with Crippen LogP contribution in [0.15, 0.2) is 24.3 Å². The topological polar surface area (TPSA) is 46.6 Å². The molecule has 1 heterocycles. The number of carbonyl (C=O) groups excluding carboxylic acids is 2. The summed E-state index contributed by atoms with van der Waals surface area (Å²) in [5.74, 6) is 1.32. The third-order valence-electron chi connectivity index (χ3n) is 4.93. The lowest BCUT2D eigenvalue weighted by molar-refractivity contribution is -0.139. The Morgan fingerprint density at radius 1 is 1.05 bits per heavy atom. The Morgan fingerprint density at radius 2 is 1.73 bits per heavy atom. The molecule has 0 bridgehead atoms. The maximum absolute atomic E-state index is 12.6. The van der Waals surface area contributed by atoms with E-state index >= 15 is 0 Å². The predicted octanol–water partition coefficient (Wildman–Crippen LogP) is 2.92. The number of ketones is 1. The average molecular weight is 301 g/mol. The lowest BCUT2D eigenvalue weighted by Crippen LogP contribution is -2.46. The number of Topliss-reactive ketones (excluding diaryl/α,β-unsaturated/α-hetero) is 1. The van der Waals surface area contributed by atoms with Gasteiger partial charge in [-0.3, -0.25) is 9.59 Å². The van der Waals surface area contributed by atoms with Gasteiger partial charge in [0.15, 0.2) is 5.78 Å². The van der Waals surface area contributed by atoms with E-state index in [9.17, 15) is 9.59 Å². The van der Waals surface area contributed by atoms with E-state index in [-0.39, 0.29) is 23.5 Å². The minimum absolute atomic E-state index is 0.0637. The number of amides is 1. The van der Waals surface area contributed by atoms with Gasteiger partial charge in [0.2, 0.25) is 5.91 Å². The summed E-state index contributed by atoms with van der Waals surface area (Å²) in [6, 6.07) is 7.25. The number of piperidine rings is 1. The molecule has 1 aliphatic carbocycles. The Morgan fingerprint density at radius 3 is 2.32 bits per heavy atom. The molecule has 2 fully saturated rings. The molecule has 4 nitrogen and oxygen atoms in total. The van der Waals surface area contributed by atoms with Crippen molar-refractivity contribution in [3.05, 3.63) is 29.8 Å². The fraction of sp³-hybridized carbons (Fsp3) is 0.556. The number of carbonyl (C=O) groups is 2. The Bertz CT molecular complexity index is 548. The van der Waals surface area contributed by atoms with Crippen molar-refractivity contribution in [2.75, 3.05) is 20.2 Å². The van der Waals surface area contributed by atoms with Crippen molar-refractivity contribution < 1.29 is 14.3 Å². The first-order valence-corrected chi connectivity index (χ1v) is 8.16. The minimum Gasteiger partial charge on any atom is -0.497 e. The van der Waals surface area contributed by atoms with E-state index in [1.807, 2.05) is 29.2 Å². The number of ether oxygens (including phenoxy) is 1. The van der Waals surface area contributed by atoms with Crippen LogP contribution in [0.4, 0.5) is 0 Å². The summed E-state index contributed by atoms with van der Waals surface area (Å²) < 4.78 is 5.12. The average Bonchev–Trinajstić information content (AvgIpc) is 2.53.